The van der Waals surface area contributed by atoms with Crippen LogP contribution in [-0.2, 0) is 14.3 Å². The largest absolute Gasteiger partial charge is 0.478 e. The molecule has 0 aromatic heterocycles. The van der Waals surface area contributed by atoms with E-state index in [-0.39, 0.29) is 6.08 Å². The Kier molecular flexibility index (Phi) is 6.97. The molecule has 0 atom stereocenters. The second-order valence-corrected chi connectivity index (χ2v) is 5.06. The zero-order chi connectivity index (χ0) is 23.9. The van der Waals surface area contributed by atoms with Gasteiger partial charge in [-0.3, -0.25) is 0 Å². The van der Waals surface area contributed by atoms with E-state index in [1.54, 1.807) is 0 Å². The molecule has 0 saturated carbocycles. The average Bonchev–Trinajstić information content (AvgIpc) is 2.49. The zero-order valence-electron chi connectivity index (χ0n) is 13.4. The number of aliphatic carboxylic acids is 1. The van der Waals surface area contributed by atoms with Gasteiger partial charge in [-0.15, -0.1) is 0 Å². The molecule has 0 rings (SSSR count). The van der Waals surface area contributed by atoms with E-state index in [2.05, 4.69) is 4.74 Å². The Labute approximate surface area is 150 Å². The van der Waals surface area contributed by atoms with E-state index < -0.39 is 59.9 Å². The van der Waals surface area contributed by atoms with Crippen molar-refractivity contribution in [2.24, 2.45) is 0 Å². The van der Waals surface area contributed by atoms with Crippen molar-refractivity contribution >= 4 is 11.9 Å². The van der Waals surface area contributed by atoms with Crippen LogP contribution in [0.1, 0.15) is 13.3 Å². The van der Waals surface area contributed by atoms with E-state index in [0.717, 1.165) is 6.92 Å². The van der Waals surface area contributed by atoms with Gasteiger partial charge in [0, 0.05) is 11.6 Å². The third kappa shape index (κ3) is 4.36. The molecule has 0 radical (unpaired) electrons. The van der Waals surface area contributed by atoms with Crippen molar-refractivity contribution in [1.82, 2.24) is 0 Å². The minimum absolute atomic E-state index is 0.235. The standard InChI is InChI=1S/C12H7F13O4/c1-2-4(3-5(26)27)6(28)29-12(24,25)10(19,20)8(15,16)7(13,14)9(17,18)11(21,22)23/h3H,2H2,1H3,(H,26,27)/b4-3-. The van der Waals surface area contributed by atoms with Gasteiger partial charge in [-0.2, -0.15) is 57.1 Å². The first-order valence-electron chi connectivity index (χ1n) is 6.63. The number of carboxylic acid groups (broad SMARTS) is 1. The highest BCUT2D eigenvalue weighted by Crippen LogP contribution is 2.60. The SMILES string of the molecule is CC/C(=C/C(=O)O)C(=O)OC(F)(F)C(F)(F)C(F)(F)C(F)(F)C(F)(F)C(F)(F)F. The van der Waals surface area contributed by atoms with Crippen molar-refractivity contribution in [1.29, 1.82) is 0 Å². The summed E-state index contributed by atoms with van der Waals surface area (Å²) in [5.74, 6) is -36.8. The highest BCUT2D eigenvalue weighted by Gasteiger charge is 2.92. The third-order valence-corrected chi connectivity index (χ3v) is 3.07. The molecule has 0 saturated heterocycles. The Morgan fingerprint density at radius 3 is 1.45 bits per heavy atom. The maximum atomic E-state index is 13.3. The minimum Gasteiger partial charge on any atom is -0.478 e. The Balaban J connectivity index is 6.24. The van der Waals surface area contributed by atoms with Gasteiger partial charge >= 0.3 is 47.9 Å². The number of carbonyl (C=O) groups excluding carboxylic acids is 1. The second kappa shape index (κ2) is 7.55. The number of hydrogen-bond donors (Lipinski definition) is 1. The number of carboxylic acids is 1. The van der Waals surface area contributed by atoms with Crippen molar-refractivity contribution in [3.8, 4) is 0 Å². The van der Waals surface area contributed by atoms with E-state index in [4.69, 9.17) is 5.11 Å². The Morgan fingerprint density at radius 1 is 0.759 bits per heavy atom. The maximum Gasteiger partial charge on any atom is 0.473 e. The lowest BCUT2D eigenvalue weighted by Gasteiger charge is -2.38. The third-order valence-electron chi connectivity index (χ3n) is 3.07. The Bertz CT molecular complexity index is 678. The number of rotatable bonds is 8. The first-order valence-corrected chi connectivity index (χ1v) is 6.63. The molecule has 4 nitrogen and oxygen atoms in total. The number of esters is 1. The van der Waals surface area contributed by atoms with E-state index in [0.29, 0.717) is 0 Å². The molecule has 0 spiro atoms. The van der Waals surface area contributed by atoms with Crippen LogP contribution < -0.4 is 0 Å². The van der Waals surface area contributed by atoms with Crippen molar-refractivity contribution in [3.63, 3.8) is 0 Å². The van der Waals surface area contributed by atoms with Crippen LogP contribution in [0.2, 0.25) is 0 Å². The maximum absolute atomic E-state index is 13.3. The fourth-order valence-corrected chi connectivity index (χ4v) is 1.46. The number of carbonyl (C=O) groups is 2. The summed E-state index contributed by atoms with van der Waals surface area (Å²) >= 11 is 0. The van der Waals surface area contributed by atoms with Crippen molar-refractivity contribution in [2.75, 3.05) is 0 Å². The van der Waals surface area contributed by atoms with Crippen LogP contribution in [0, 0.1) is 0 Å². The van der Waals surface area contributed by atoms with Crippen molar-refractivity contribution < 1.29 is 76.5 Å². The van der Waals surface area contributed by atoms with E-state index in [1.165, 1.54) is 0 Å². The molecule has 0 aromatic rings. The predicted molar refractivity (Wildman–Crippen MR) is 62.9 cm³/mol. The van der Waals surface area contributed by atoms with Gasteiger partial charge in [-0.25, -0.2) is 9.59 Å². The molecule has 0 amide bonds. The molecule has 0 unspecified atom stereocenters. The van der Waals surface area contributed by atoms with Gasteiger partial charge in [0.05, 0.1) is 0 Å². The zero-order valence-corrected chi connectivity index (χ0v) is 13.4. The molecule has 0 aliphatic carbocycles. The molecular formula is C12H7F13O4. The summed E-state index contributed by atoms with van der Waals surface area (Å²) in [4.78, 5) is 21.5. The summed E-state index contributed by atoms with van der Waals surface area (Å²) in [6, 6.07) is 0. The van der Waals surface area contributed by atoms with Crippen LogP contribution in [-0.4, -0.2) is 53.0 Å². The molecule has 0 aromatic carbocycles. The summed E-state index contributed by atoms with van der Waals surface area (Å²) in [5.41, 5.74) is -1.40. The lowest BCUT2D eigenvalue weighted by Crippen LogP contribution is -2.70. The Morgan fingerprint density at radius 2 is 1.14 bits per heavy atom. The summed E-state index contributed by atoms with van der Waals surface area (Å²) in [6.07, 6.45) is -15.8. The normalized spacial score (nSPS) is 15.3. The minimum atomic E-state index is -8.14. The van der Waals surface area contributed by atoms with Crippen LogP contribution in [0.4, 0.5) is 57.1 Å². The van der Waals surface area contributed by atoms with Gasteiger partial charge in [0.15, 0.2) is 0 Å². The molecule has 0 heterocycles. The molecule has 0 bridgehead atoms. The number of alkyl halides is 13. The highest BCUT2D eigenvalue weighted by atomic mass is 19.4. The van der Waals surface area contributed by atoms with E-state index in [1.807, 2.05) is 0 Å². The highest BCUT2D eigenvalue weighted by molar-refractivity contribution is 5.95. The van der Waals surface area contributed by atoms with Crippen LogP contribution in [0.25, 0.3) is 0 Å². The van der Waals surface area contributed by atoms with Crippen LogP contribution >= 0.6 is 0 Å². The fraction of sp³-hybridized carbons (Fsp3) is 0.667. The van der Waals surface area contributed by atoms with Gasteiger partial charge in [0.1, 0.15) is 0 Å². The van der Waals surface area contributed by atoms with E-state index in [9.17, 15) is 66.7 Å². The fourth-order valence-electron chi connectivity index (χ4n) is 1.46. The number of ether oxygens (including phenoxy) is 1. The molecule has 170 valence electrons. The van der Waals surface area contributed by atoms with Gasteiger partial charge in [-0.1, -0.05) is 6.92 Å². The van der Waals surface area contributed by atoms with Crippen molar-refractivity contribution in [2.45, 2.75) is 49.3 Å². The molecule has 0 fully saturated rings. The molecule has 0 aliphatic heterocycles. The topological polar surface area (TPSA) is 63.6 Å². The molecule has 1 N–H and O–H groups in total. The molecule has 17 heteroatoms. The van der Waals surface area contributed by atoms with Crippen LogP contribution in [0.5, 0.6) is 0 Å². The monoisotopic (exact) mass is 462 g/mol. The molecule has 29 heavy (non-hydrogen) atoms. The lowest BCUT2D eigenvalue weighted by molar-refractivity contribution is -0.460. The van der Waals surface area contributed by atoms with Gasteiger partial charge < -0.3 is 9.84 Å². The van der Waals surface area contributed by atoms with Gasteiger partial charge in [0.2, 0.25) is 0 Å². The number of halogens is 13. The predicted octanol–water partition coefficient (Wildman–Crippen LogP) is 4.65. The Hall–Kier alpha value is -2.23. The summed E-state index contributed by atoms with van der Waals surface area (Å²) in [5, 5.41) is 8.29. The molecular weight excluding hydrogens is 455 g/mol. The molecule has 0 aliphatic rings. The van der Waals surface area contributed by atoms with Gasteiger partial charge in [-0.05, 0) is 6.42 Å². The first kappa shape index (κ1) is 26.8. The number of hydrogen-bond acceptors (Lipinski definition) is 3. The smallest absolute Gasteiger partial charge is 0.473 e. The quantitative estimate of drug-likeness (QED) is 0.324. The van der Waals surface area contributed by atoms with Gasteiger partial charge in [0.25, 0.3) is 0 Å². The van der Waals surface area contributed by atoms with Crippen molar-refractivity contribution in [3.05, 3.63) is 11.6 Å². The summed E-state index contributed by atoms with van der Waals surface area (Å²) < 4.78 is 169. The summed E-state index contributed by atoms with van der Waals surface area (Å²) in [6.45, 7) is 0.832. The van der Waals surface area contributed by atoms with Crippen LogP contribution in [0.15, 0.2) is 11.6 Å². The van der Waals surface area contributed by atoms with E-state index >= 15 is 0 Å². The average molecular weight is 462 g/mol. The lowest BCUT2D eigenvalue weighted by atomic mass is 9.97. The van der Waals surface area contributed by atoms with Crippen LogP contribution in [0.3, 0.4) is 0 Å². The second-order valence-electron chi connectivity index (χ2n) is 5.06. The first-order chi connectivity index (χ1) is 12.5. The summed E-state index contributed by atoms with van der Waals surface area (Å²) in [7, 11) is 0.